The van der Waals surface area contributed by atoms with Crippen molar-refractivity contribution in [1.29, 1.82) is 0 Å². The average Bonchev–Trinajstić information content (AvgIpc) is 2.52. The highest BCUT2D eigenvalue weighted by Crippen LogP contribution is 2.12. The minimum atomic E-state index is -1.02. The standard InChI is InChI=1S/C15H13NO7/c1-2-21-15(20)16-12(17)8-22-13(18)10-7-9-5-3-4-6-11(9)23-14(10)19/h3-7H,2,8H2,1H3,(H,16,17,20). The molecule has 23 heavy (non-hydrogen) atoms. The molecule has 0 aliphatic rings. The number of fused-ring (bicyclic) bond motifs is 1. The second-order valence-corrected chi connectivity index (χ2v) is 4.33. The Kier molecular flexibility index (Phi) is 5.08. The lowest BCUT2D eigenvalue weighted by Crippen LogP contribution is -2.35. The van der Waals surface area contributed by atoms with Gasteiger partial charge in [-0.15, -0.1) is 0 Å². The van der Waals surface area contributed by atoms with Crippen LogP contribution in [-0.4, -0.2) is 31.2 Å². The van der Waals surface area contributed by atoms with Crippen molar-refractivity contribution in [3.63, 3.8) is 0 Å². The first kappa shape index (κ1) is 16.2. The number of imide groups is 1. The van der Waals surface area contributed by atoms with E-state index in [1.165, 1.54) is 6.07 Å². The van der Waals surface area contributed by atoms with Gasteiger partial charge in [-0.2, -0.15) is 0 Å². The molecule has 2 rings (SSSR count). The highest BCUT2D eigenvalue weighted by atomic mass is 16.6. The molecule has 2 amide bonds. The molecule has 120 valence electrons. The number of carbonyl (C=O) groups excluding carboxylic acids is 3. The molecule has 2 aromatic rings. The molecule has 0 spiro atoms. The van der Waals surface area contributed by atoms with E-state index in [0.717, 1.165) is 0 Å². The van der Waals surface area contributed by atoms with Crippen LogP contribution in [-0.2, 0) is 14.3 Å². The number of hydrogen-bond acceptors (Lipinski definition) is 7. The third kappa shape index (κ3) is 4.16. The fourth-order valence-corrected chi connectivity index (χ4v) is 1.73. The zero-order valence-corrected chi connectivity index (χ0v) is 12.2. The van der Waals surface area contributed by atoms with Crippen LogP contribution in [0.25, 0.3) is 11.0 Å². The lowest BCUT2D eigenvalue weighted by atomic mass is 10.2. The van der Waals surface area contributed by atoms with Crippen LogP contribution >= 0.6 is 0 Å². The number of ether oxygens (including phenoxy) is 2. The van der Waals surface area contributed by atoms with Gasteiger partial charge in [0, 0.05) is 5.39 Å². The first-order valence-corrected chi connectivity index (χ1v) is 6.68. The van der Waals surface area contributed by atoms with E-state index in [4.69, 9.17) is 4.42 Å². The smallest absolute Gasteiger partial charge is 0.413 e. The maximum atomic E-state index is 11.8. The Bertz CT molecular complexity index is 809. The van der Waals surface area contributed by atoms with E-state index >= 15 is 0 Å². The summed E-state index contributed by atoms with van der Waals surface area (Å²) in [7, 11) is 0. The van der Waals surface area contributed by atoms with Crippen molar-refractivity contribution in [3.8, 4) is 0 Å². The van der Waals surface area contributed by atoms with Crippen molar-refractivity contribution in [2.45, 2.75) is 6.92 Å². The molecule has 1 aromatic carbocycles. The lowest BCUT2D eigenvalue weighted by Gasteiger charge is -2.05. The average molecular weight is 319 g/mol. The number of alkyl carbamates (subject to hydrolysis) is 1. The van der Waals surface area contributed by atoms with E-state index in [2.05, 4.69) is 9.47 Å². The summed E-state index contributed by atoms with van der Waals surface area (Å²) in [6.45, 7) is 0.935. The molecular weight excluding hydrogens is 306 g/mol. The van der Waals surface area contributed by atoms with Crippen LogP contribution in [0.4, 0.5) is 4.79 Å². The van der Waals surface area contributed by atoms with Crippen molar-refractivity contribution in [1.82, 2.24) is 5.32 Å². The minimum Gasteiger partial charge on any atom is -0.452 e. The Morgan fingerprint density at radius 1 is 1.17 bits per heavy atom. The van der Waals surface area contributed by atoms with Crippen molar-refractivity contribution in [2.24, 2.45) is 0 Å². The van der Waals surface area contributed by atoms with Gasteiger partial charge in [0.05, 0.1) is 6.61 Å². The quantitative estimate of drug-likeness (QED) is 0.666. The molecule has 1 aromatic heterocycles. The maximum absolute atomic E-state index is 11.8. The van der Waals surface area contributed by atoms with Crippen LogP contribution in [0.5, 0.6) is 0 Å². The van der Waals surface area contributed by atoms with Crippen LogP contribution in [0.2, 0.25) is 0 Å². The summed E-state index contributed by atoms with van der Waals surface area (Å²) in [5, 5.41) is 2.39. The van der Waals surface area contributed by atoms with Crippen molar-refractivity contribution in [2.75, 3.05) is 13.2 Å². The normalized spacial score (nSPS) is 10.1. The zero-order chi connectivity index (χ0) is 16.8. The summed E-state index contributed by atoms with van der Waals surface area (Å²) in [6, 6.07) is 7.95. The largest absolute Gasteiger partial charge is 0.452 e. The van der Waals surface area contributed by atoms with E-state index in [1.54, 1.807) is 31.2 Å². The Balaban J connectivity index is 2.04. The monoisotopic (exact) mass is 319 g/mol. The number of para-hydroxylation sites is 1. The maximum Gasteiger partial charge on any atom is 0.413 e. The number of nitrogens with one attached hydrogen (secondary N) is 1. The van der Waals surface area contributed by atoms with E-state index in [-0.39, 0.29) is 12.2 Å². The molecular formula is C15H13NO7. The van der Waals surface area contributed by atoms with Crippen LogP contribution in [0.1, 0.15) is 17.3 Å². The third-order valence-corrected chi connectivity index (χ3v) is 2.71. The van der Waals surface area contributed by atoms with E-state index in [1.807, 2.05) is 5.32 Å². The predicted molar refractivity (Wildman–Crippen MR) is 77.9 cm³/mol. The molecule has 0 aliphatic carbocycles. The van der Waals surface area contributed by atoms with Gasteiger partial charge in [0.2, 0.25) is 0 Å². The summed E-state index contributed by atoms with van der Waals surface area (Å²) in [5.74, 6) is -1.90. The van der Waals surface area contributed by atoms with Crippen LogP contribution in [0, 0.1) is 0 Å². The lowest BCUT2D eigenvalue weighted by molar-refractivity contribution is -0.123. The number of amides is 2. The van der Waals surface area contributed by atoms with Gasteiger partial charge in [-0.05, 0) is 19.1 Å². The molecule has 8 nitrogen and oxygen atoms in total. The summed E-state index contributed by atoms with van der Waals surface area (Å²) in [4.78, 5) is 46.0. The van der Waals surface area contributed by atoms with Crippen molar-refractivity contribution < 1.29 is 28.3 Å². The summed E-state index contributed by atoms with van der Waals surface area (Å²) in [6.07, 6.45) is -0.946. The Labute approximate surface area is 130 Å². The van der Waals surface area contributed by atoms with Gasteiger partial charge in [0.1, 0.15) is 11.1 Å². The highest BCUT2D eigenvalue weighted by molar-refractivity contribution is 5.96. The fourth-order valence-electron chi connectivity index (χ4n) is 1.73. The molecule has 0 saturated carbocycles. The SMILES string of the molecule is CCOC(=O)NC(=O)COC(=O)c1cc2ccccc2oc1=O. The zero-order valence-electron chi connectivity index (χ0n) is 12.2. The summed E-state index contributed by atoms with van der Waals surface area (Å²) < 4.78 is 14.2. The van der Waals surface area contributed by atoms with Gasteiger partial charge >= 0.3 is 17.7 Å². The molecule has 0 atom stereocenters. The van der Waals surface area contributed by atoms with Crippen LogP contribution in [0.15, 0.2) is 39.5 Å². The highest BCUT2D eigenvalue weighted by Gasteiger charge is 2.17. The van der Waals surface area contributed by atoms with E-state index in [0.29, 0.717) is 11.0 Å². The molecule has 0 radical (unpaired) electrons. The molecule has 0 bridgehead atoms. The van der Waals surface area contributed by atoms with Crippen LogP contribution < -0.4 is 10.9 Å². The molecule has 1 heterocycles. The van der Waals surface area contributed by atoms with E-state index in [9.17, 15) is 19.2 Å². The van der Waals surface area contributed by atoms with Gasteiger partial charge in [0.25, 0.3) is 5.91 Å². The number of benzene rings is 1. The van der Waals surface area contributed by atoms with Gasteiger partial charge in [0.15, 0.2) is 6.61 Å². The van der Waals surface area contributed by atoms with Gasteiger partial charge in [-0.3, -0.25) is 10.1 Å². The molecule has 0 aliphatic heterocycles. The molecule has 0 fully saturated rings. The van der Waals surface area contributed by atoms with E-state index < -0.39 is 30.2 Å². The van der Waals surface area contributed by atoms with Crippen LogP contribution in [0.3, 0.4) is 0 Å². The number of rotatable bonds is 4. The first-order chi connectivity index (χ1) is 11.0. The Morgan fingerprint density at radius 3 is 2.65 bits per heavy atom. The van der Waals surface area contributed by atoms with Gasteiger partial charge in [-0.1, -0.05) is 18.2 Å². The summed E-state index contributed by atoms with van der Waals surface area (Å²) in [5.41, 5.74) is -0.888. The topological polar surface area (TPSA) is 112 Å². The van der Waals surface area contributed by atoms with Gasteiger partial charge in [-0.25, -0.2) is 14.4 Å². The second-order valence-electron chi connectivity index (χ2n) is 4.33. The Hall–Kier alpha value is -3.16. The van der Waals surface area contributed by atoms with Crippen molar-refractivity contribution in [3.05, 3.63) is 46.3 Å². The number of hydrogen-bond donors (Lipinski definition) is 1. The predicted octanol–water partition coefficient (Wildman–Crippen LogP) is 1.22. The Morgan fingerprint density at radius 2 is 1.91 bits per heavy atom. The molecule has 1 N–H and O–H groups in total. The number of carbonyl (C=O) groups is 3. The first-order valence-electron chi connectivity index (χ1n) is 6.68. The second kappa shape index (κ2) is 7.21. The third-order valence-electron chi connectivity index (χ3n) is 2.71. The fraction of sp³-hybridized carbons (Fsp3) is 0.200. The van der Waals surface area contributed by atoms with Gasteiger partial charge < -0.3 is 13.9 Å². The van der Waals surface area contributed by atoms with Crippen molar-refractivity contribution >= 4 is 28.9 Å². The summed E-state index contributed by atoms with van der Waals surface area (Å²) >= 11 is 0. The molecule has 0 saturated heterocycles. The minimum absolute atomic E-state index is 0.0943. The molecule has 8 heteroatoms. The molecule has 0 unspecified atom stereocenters. The number of esters is 1.